The Hall–Kier alpha value is -2.92. The number of aryl methyl sites for hydroxylation is 1. The lowest BCUT2D eigenvalue weighted by atomic mass is 10.1. The molecule has 0 aliphatic carbocycles. The maximum atomic E-state index is 11.9. The monoisotopic (exact) mass is 353 g/mol. The van der Waals surface area contributed by atoms with Crippen molar-refractivity contribution in [2.75, 3.05) is 5.32 Å². The van der Waals surface area contributed by atoms with Gasteiger partial charge in [-0.1, -0.05) is 64.7 Å². The number of nitrogens with one attached hydrogen (secondary N) is 1. The number of carbonyl (C=O) groups excluding carboxylic acids is 1. The van der Waals surface area contributed by atoms with Crippen LogP contribution < -0.4 is 5.32 Å². The molecule has 3 aromatic rings. The van der Waals surface area contributed by atoms with Gasteiger partial charge in [0.1, 0.15) is 0 Å². The largest absolute Gasteiger partial charge is 0.407 e. The van der Waals surface area contributed by atoms with Crippen LogP contribution >= 0.6 is 11.6 Å². The molecular formula is C19H16ClN3O2. The number of anilines is 1. The van der Waals surface area contributed by atoms with E-state index < -0.39 is 0 Å². The van der Waals surface area contributed by atoms with Crippen molar-refractivity contribution in [2.45, 2.75) is 13.3 Å². The first-order chi connectivity index (χ1) is 12.1. The molecule has 0 fully saturated rings. The molecule has 1 N–H and O–H groups in total. The lowest BCUT2D eigenvalue weighted by Gasteiger charge is -1.98. The molecule has 2 aromatic carbocycles. The van der Waals surface area contributed by atoms with Crippen LogP contribution in [0.3, 0.4) is 0 Å². The first-order valence-corrected chi connectivity index (χ1v) is 8.09. The Kier molecular flexibility index (Phi) is 5.26. The van der Waals surface area contributed by atoms with Gasteiger partial charge in [-0.05, 0) is 30.2 Å². The number of hydrogen-bond acceptors (Lipinski definition) is 4. The smallest absolute Gasteiger partial charge is 0.322 e. The van der Waals surface area contributed by atoms with Gasteiger partial charge in [0.05, 0.1) is 6.42 Å². The highest BCUT2D eigenvalue weighted by Gasteiger charge is 2.09. The molecule has 25 heavy (non-hydrogen) atoms. The van der Waals surface area contributed by atoms with Crippen LogP contribution in [0.25, 0.3) is 6.08 Å². The summed E-state index contributed by atoms with van der Waals surface area (Å²) in [5.41, 5.74) is 3.00. The first-order valence-electron chi connectivity index (χ1n) is 7.72. The van der Waals surface area contributed by atoms with Gasteiger partial charge in [0.2, 0.25) is 5.89 Å². The van der Waals surface area contributed by atoms with Gasteiger partial charge in [0.25, 0.3) is 5.91 Å². The van der Waals surface area contributed by atoms with E-state index in [-0.39, 0.29) is 11.9 Å². The lowest BCUT2D eigenvalue weighted by Crippen LogP contribution is -2.07. The minimum Gasteiger partial charge on any atom is -0.407 e. The molecule has 0 radical (unpaired) electrons. The molecule has 1 aromatic heterocycles. The summed E-state index contributed by atoms with van der Waals surface area (Å²) >= 11 is 6.03. The Morgan fingerprint density at radius 3 is 2.68 bits per heavy atom. The number of halogens is 1. The fraction of sp³-hybridized carbons (Fsp3) is 0.105. The standard InChI is InChI=1S/C19H16ClN3O2/c1-13-6-8-14(9-7-13)12-18-22-23-19(25-18)21-17(24)11-10-15-4-2-3-5-16(15)20/h2-11H,12H2,1H3,(H,21,23,24). The molecule has 6 heteroatoms. The fourth-order valence-electron chi connectivity index (χ4n) is 2.18. The molecule has 0 aliphatic heterocycles. The number of hydrogen-bond donors (Lipinski definition) is 1. The second kappa shape index (κ2) is 7.77. The van der Waals surface area contributed by atoms with E-state index >= 15 is 0 Å². The normalized spacial score (nSPS) is 11.0. The number of rotatable bonds is 5. The SMILES string of the molecule is Cc1ccc(Cc2nnc(NC(=O)C=Cc3ccccc3Cl)o2)cc1. The van der Waals surface area contributed by atoms with Crippen LogP contribution in [0.5, 0.6) is 0 Å². The van der Waals surface area contributed by atoms with Gasteiger partial charge in [0, 0.05) is 11.1 Å². The maximum absolute atomic E-state index is 11.9. The number of carbonyl (C=O) groups is 1. The minimum absolute atomic E-state index is 0.0657. The van der Waals surface area contributed by atoms with Crippen molar-refractivity contribution >= 4 is 29.6 Å². The molecule has 1 amide bonds. The van der Waals surface area contributed by atoms with Gasteiger partial charge in [-0.25, -0.2) is 0 Å². The summed E-state index contributed by atoms with van der Waals surface area (Å²) in [6.07, 6.45) is 3.50. The third kappa shape index (κ3) is 4.78. The molecule has 0 spiro atoms. The van der Waals surface area contributed by atoms with E-state index in [4.69, 9.17) is 16.0 Å². The Balaban J connectivity index is 1.60. The van der Waals surface area contributed by atoms with E-state index in [1.54, 1.807) is 12.1 Å². The van der Waals surface area contributed by atoms with E-state index in [0.29, 0.717) is 17.3 Å². The van der Waals surface area contributed by atoms with Crippen molar-refractivity contribution in [3.63, 3.8) is 0 Å². The summed E-state index contributed by atoms with van der Waals surface area (Å²) in [7, 11) is 0. The van der Waals surface area contributed by atoms with Crippen molar-refractivity contribution in [1.29, 1.82) is 0 Å². The summed E-state index contributed by atoms with van der Waals surface area (Å²) in [5, 5.41) is 10.9. The van der Waals surface area contributed by atoms with Crippen LogP contribution in [0.15, 0.2) is 59.0 Å². The van der Waals surface area contributed by atoms with Gasteiger partial charge in [-0.2, -0.15) is 0 Å². The third-order valence-corrected chi connectivity index (χ3v) is 3.84. The number of amides is 1. The Morgan fingerprint density at radius 2 is 1.92 bits per heavy atom. The van der Waals surface area contributed by atoms with E-state index in [9.17, 15) is 4.79 Å². The molecule has 3 rings (SSSR count). The van der Waals surface area contributed by atoms with Crippen LogP contribution in [0, 0.1) is 6.92 Å². The van der Waals surface area contributed by atoms with Crippen LogP contribution in [-0.2, 0) is 11.2 Å². The number of benzene rings is 2. The zero-order chi connectivity index (χ0) is 17.6. The van der Waals surface area contributed by atoms with E-state index in [0.717, 1.165) is 11.1 Å². The molecule has 0 atom stereocenters. The van der Waals surface area contributed by atoms with Crippen molar-refractivity contribution in [2.24, 2.45) is 0 Å². The zero-order valence-electron chi connectivity index (χ0n) is 13.6. The predicted octanol–water partition coefficient (Wildman–Crippen LogP) is 4.27. The van der Waals surface area contributed by atoms with E-state index in [1.165, 1.54) is 11.6 Å². The molecule has 126 valence electrons. The number of nitrogens with zero attached hydrogens (tertiary/aromatic N) is 2. The molecule has 1 heterocycles. The first kappa shape index (κ1) is 16.9. The van der Waals surface area contributed by atoms with E-state index in [2.05, 4.69) is 15.5 Å². The van der Waals surface area contributed by atoms with Gasteiger partial charge in [-0.3, -0.25) is 10.1 Å². The Morgan fingerprint density at radius 1 is 1.16 bits per heavy atom. The van der Waals surface area contributed by atoms with Gasteiger partial charge < -0.3 is 4.42 Å². The summed E-state index contributed by atoms with van der Waals surface area (Å²) in [6.45, 7) is 2.03. The topological polar surface area (TPSA) is 68.0 Å². The highest BCUT2D eigenvalue weighted by Crippen LogP contribution is 2.16. The molecular weight excluding hydrogens is 338 g/mol. The van der Waals surface area contributed by atoms with Gasteiger partial charge in [-0.15, -0.1) is 5.10 Å². The second-order valence-electron chi connectivity index (χ2n) is 5.51. The molecule has 5 nitrogen and oxygen atoms in total. The Labute approximate surface area is 150 Å². The molecule has 0 unspecified atom stereocenters. The number of aromatic nitrogens is 2. The average molecular weight is 354 g/mol. The van der Waals surface area contributed by atoms with Crippen LogP contribution in [-0.4, -0.2) is 16.1 Å². The predicted molar refractivity (Wildman–Crippen MR) is 97.4 cm³/mol. The van der Waals surface area contributed by atoms with Crippen LogP contribution in [0.4, 0.5) is 6.01 Å². The zero-order valence-corrected chi connectivity index (χ0v) is 14.3. The lowest BCUT2D eigenvalue weighted by molar-refractivity contribution is -0.112. The Bertz CT molecular complexity index is 901. The van der Waals surface area contributed by atoms with Crippen molar-refractivity contribution in [3.8, 4) is 0 Å². The van der Waals surface area contributed by atoms with Crippen molar-refractivity contribution in [1.82, 2.24) is 10.2 Å². The molecule has 0 bridgehead atoms. The average Bonchev–Trinajstić information content (AvgIpc) is 3.03. The van der Waals surface area contributed by atoms with Crippen LogP contribution in [0.1, 0.15) is 22.6 Å². The summed E-state index contributed by atoms with van der Waals surface area (Å²) in [6, 6.07) is 15.4. The summed E-state index contributed by atoms with van der Waals surface area (Å²) in [4.78, 5) is 11.9. The van der Waals surface area contributed by atoms with Crippen LogP contribution in [0.2, 0.25) is 5.02 Å². The second-order valence-corrected chi connectivity index (χ2v) is 5.91. The highest BCUT2D eigenvalue weighted by molar-refractivity contribution is 6.32. The maximum Gasteiger partial charge on any atom is 0.322 e. The summed E-state index contributed by atoms with van der Waals surface area (Å²) < 4.78 is 5.45. The third-order valence-electron chi connectivity index (χ3n) is 3.49. The van der Waals surface area contributed by atoms with Crippen molar-refractivity contribution < 1.29 is 9.21 Å². The summed E-state index contributed by atoms with van der Waals surface area (Å²) in [5.74, 6) is 0.0692. The minimum atomic E-state index is -0.370. The van der Waals surface area contributed by atoms with Crippen molar-refractivity contribution in [3.05, 3.63) is 82.2 Å². The molecule has 0 saturated heterocycles. The van der Waals surface area contributed by atoms with E-state index in [1.807, 2.05) is 49.4 Å². The molecule has 0 saturated carbocycles. The molecule has 0 aliphatic rings. The quantitative estimate of drug-likeness (QED) is 0.695. The highest BCUT2D eigenvalue weighted by atomic mass is 35.5. The van der Waals surface area contributed by atoms with Gasteiger partial charge in [0.15, 0.2) is 0 Å². The van der Waals surface area contributed by atoms with Gasteiger partial charge >= 0.3 is 6.01 Å². The fourth-order valence-corrected chi connectivity index (χ4v) is 2.38.